The number of fused-ring (bicyclic) bond motifs is 4. The summed E-state index contributed by atoms with van der Waals surface area (Å²) in [5, 5.41) is 6.57. The highest BCUT2D eigenvalue weighted by atomic mass is 19.3. The molecule has 5 aromatic rings. The fourth-order valence-electron chi connectivity index (χ4n) is 3.85. The number of rotatable bonds is 2. The van der Waals surface area contributed by atoms with E-state index in [1.807, 2.05) is 30.3 Å². The zero-order valence-corrected chi connectivity index (χ0v) is 13.9. The van der Waals surface area contributed by atoms with Gasteiger partial charge in [0.1, 0.15) is 0 Å². The summed E-state index contributed by atoms with van der Waals surface area (Å²) < 4.78 is 13.0. The van der Waals surface area contributed by atoms with Gasteiger partial charge in [0, 0.05) is 9.91 Å². The summed E-state index contributed by atoms with van der Waals surface area (Å²) in [6.45, 7) is 0. The monoisotopic (exact) mass is 338 g/mol. The lowest BCUT2D eigenvalue weighted by molar-refractivity contribution is -0.00422. The Morgan fingerprint density at radius 2 is 1.08 bits per heavy atom. The van der Waals surface area contributed by atoms with Gasteiger partial charge in [-0.2, -0.15) is 0 Å². The summed E-state index contributed by atoms with van der Waals surface area (Å²) in [5.41, 5.74) is 2.21. The molecule has 0 aliphatic carbocycles. The molecule has 0 heterocycles. The molecule has 0 aliphatic rings. The van der Waals surface area contributed by atoms with Gasteiger partial charge in [-0.1, -0.05) is 72.8 Å². The van der Waals surface area contributed by atoms with E-state index in [-0.39, 0.29) is 5.75 Å². The van der Waals surface area contributed by atoms with E-state index in [0.717, 1.165) is 21.9 Å². The highest BCUT2D eigenvalue weighted by Crippen LogP contribution is 2.40. The van der Waals surface area contributed by atoms with Crippen LogP contribution in [0.2, 0.25) is 0 Å². The van der Waals surface area contributed by atoms with E-state index < -0.39 is 0 Å². The summed E-state index contributed by atoms with van der Waals surface area (Å²) in [6, 6.07) is 30.4. The molecule has 0 N–H and O–H groups in total. The van der Waals surface area contributed by atoms with Crippen molar-refractivity contribution in [2.45, 2.75) is 0 Å². The van der Waals surface area contributed by atoms with Crippen LogP contribution in [0.4, 0.5) is 4.53 Å². The van der Waals surface area contributed by atoms with Crippen LogP contribution in [0.3, 0.4) is 0 Å². The maximum Gasteiger partial charge on any atom is 0.179 e. The zero-order chi connectivity index (χ0) is 17.5. The number of benzene rings is 5. The lowest BCUT2D eigenvalue weighted by Crippen LogP contribution is -1.88. The Morgan fingerprint density at radius 3 is 1.81 bits per heavy atom. The maximum atomic E-state index is 13.0. The second-order valence-corrected chi connectivity index (χ2v) is 6.42. The molecule has 124 valence electrons. The Morgan fingerprint density at radius 1 is 0.500 bits per heavy atom. The molecule has 5 rings (SSSR count). The Hall–Kier alpha value is -3.39. The average Bonchev–Trinajstić information content (AvgIpc) is 2.72. The minimum atomic E-state index is 0.245. The highest BCUT2D eigenvalue weighted by molar-refractivity contribution is 6.16. The van der Waals surface area contributed by atoms with Crippen LogP contribution in [0.5, 0.6) is 5.75 Å². The lowest BCUT2D eigenvalue weighted by atomic mass is 9.90. The van der Waals surface area contributed by atoms with Crippen molar-refractivity contribution in [1.29, 1.82) is 0 Å². The van der Waals surface area contributed by atoms with Gasteiger partial charge in [0.15, 0.2) is 5.75 Å². The van der Waals surface area contributed by atoms with Gasteiger partial charge >= 0.3 is 0 Å². The van der Waals surface area contributed by atoms with Crippen molar-refractivity contribution in [1.82, 2.24) is 0 Å². The maximum absolute atomic E-state index is 13.0. The fraction of sp³-hybridized carbons (Fsp3) is 0. The van der Waals surface area contributed by atoms with E-state index in [9.17, 15) is 4.53 Å². The van der Waals surface area contributed by atoms with E-state index >= 15 is 0 Å². The Labute approximate surface area is 150 Å². The predicted octanol–water partition coefficient (Wildman–Crippen LogP) is 7.08. The first-order valence-electron chi connectivity index (χ1n) is 8.58. The van der Waals surface area contributed by atoms with Crippen LogP contribution in [0, 0.1) is 0 Å². The molecular formula is C24H15FO. The molecule has 0 bridgehead atoms. The molecule has 0 radical (unpaired) electrons. The molecular weight excluding hydrogens is 323 g/mol. The molecule has 0 aliphatic heterocycles. The van der Waals surface area contributed by atoms with E-state index in [0.29, 0.717) is 0 Å². The Bertz CT molecular complexity index is 1270. The summed E-state index contributed by atoms with van der Waals surface area (Å²) >= 11 is 0. The molecule has 0 amide bonds. The second kappa shape index (κ2) is 5.85. The van der Waals surface area contributed by atoms with Gasteiger partial charge in [0.05, 0.1) is 0 Å². The predicted molar refractivity (Wildman–Crippen MR) is 106 cm³/mol. The van der Waals surface area contributed by atoms with Gasteiger partial charge < -0.3 is 0 Å². The molecule has 0 spiro atoms. The number of halogens is 1. The normalized spacial score (nSPS) is 11.3. The molecule has 26 heavy (non-hydrogen) atoms. The van der Waals surface area contributed by atoms with Crippen LogP contribution in [0.25, 0.3) is 43.4 Å². The molecule has 1 nitrogen and oxygen atoms in total. The van der Waals surface area contributed by atoms with Crippen molar-refractivity contribution in [3.8, 4) is 16.9 Å². The van der Waals surface area contributed by atoms with Crippen LogP contribution < -0.4 is 4.94 Å². The van der Waals surface area contributed by atoms with Crippen molar-refractivity contribution in [3.63, 3.8) is 0 Å². The van der Waals surface area contributed by atoms with E-state index in [1.165, 1.54) is 21.5 Å². The fourth-order valence-corrected chi connectivity index (χ4v) is 3.85. The van der Waals surface area contributed by atoms with Crippen LogP contribution in [0.1, 0.15) is 0 Å². The third-order valence-corrected chi connectivity index (χ3v) is 5.03. The molecule has 0 aromatic heterocycles. The van der Waals surface area contributed by atoms with E-state index in [4.69, 9.17) is 0 Å². The van der Waals surface area contributed by atoms with E-state index in [2.05, 4.69) is 59.5 Å². The van der Waals surface area contributed by atoms with Crippen molar-refractivity contribution in [2.24, 2.45) is 0 Å². The SMILES string of the molecule is FOc1ccc(-c2cc3ccccc3c3ccccc23)c2ccccc12. The second-order valence-electron chi connectivity index (χ2n) is 6.42. The quantitative estimate of drug-likeness (QED) is 0.313. The molecule has 2 heteroatoms. The number of hydrogen-bond donors (Lipinski definition) is 0. The first-order valence-corrected chi connectivity index (χ1v) is 8.58. The van der Waals surface area contributed by atoms with Crippen molar-refractivity contribution >= 4 is 32.3 Å². The Balaban J connectivity index is 1.95. The summed E-state index contributed by atoms with van der Waals surface area (Å²) in [7, 11) is 0. The standard InChI is InChI=1S/C24H15FO/c25-26-24-14-13-21(19-10-5-6-12-22(19)24)23-15-16-7-1-2-8-17(16)18-9-3-4-11-20(18)23/h1-15H. The molecule has 0 saturated carbocycles. The van der Waals surface area contributed by atoms with Gasteiger partial charge in [-0.15, -0.1) is 0 Å². The average molecular weight is 338 g/mol. The molecule has 0 fully saturated rings. The Kier molecular flexibility index (Phi) is 3.36. The summed E-state index contributed by atoms with van der Waals surface area (Å²) in [6.07, 6.45) is 0. The van der Waals surface area contributed by atoms with Gasteiger partial charge in [-0.3, -0.25) is 4.94 Å². The minimum absolute atomic E-state index is 0.245. The van der Waals surface area contributed by atoms with Crippen LogP contribution in [0.15, 0.2) is 91.0 Å². The molecule has 0 saturated heterocycles. The summed E-state index contributed by atoms with van der Waals surface area (Å²) in [5.74, 6) is 0.245. The molecule has 0 atom stereocenters. The van der Waals surface area contributed by atoms with Crippen LogP contribution in [-0.4, -0.2) is 0 Å². The minimum Gasteiger partial charge on any atom is -0.294 e. The van der Waals surface area contributed by atoms with Gasteiger partial charge in [0.25, 0.3) is 0 Å². The number of hydrogen-bond acceptors (Lipinski definition) is 1. The van der Waals surface area contributed by atoms with Crippen LogP contribution in [-0.2, 0) is 0 Å². The largest absolute Gasteiger partial charge is 0.294 e. The molecule has 5 aromatic carbocycles. The van der Waals surface area contributed by atoms with Gasteiger partial charge in [-0.05, 0) is 56.3 Å². The topological polar surface area (TPSA) is 9.23 Å². The zero-order valence-electron chi connectivity index (χ0n) is 13.9. The highest BCUT2D eigenvalue weighted by Gasteiger charge is 2.13. The first kappa shape index (κ1) is 14.9. The first-order chi connectivity index (χ1) is 12.9. The molecule has 0 unspecified atom stereocenters. The summed E-state index contributed by atoms with van der Waals surface area (Å²) in [4.78, 5) is 4.08. The lowest BCUT2D eigenvalue weighted by Gasteiger charge is -2.14. The van der Waals surface area contributed by atoms with Crippen LogP contribution >= 0.6 is 0 Å². The van der Waals surface area contributed by atoms with E-state index in [1.54, 1.807) is 6.07 Å². The third-order valence-electron chi connectivity index (χ3n) is 5.03. The van der Waals surface area contributed by atoms with Gasteiger partial charge in [0.2, 0.25) is 0 Å². The van der Waals surface area contributed by atoms with Gasteiger partial charge in [-0.25, -0.2) is 0 Å². The van der Waals surface area contributed by atoms with Crippen molar-refractivity contribution in [3.05, 3.63) is 91.0 Å². The third kappa shape index (κ3) is 2.16. The smallest absolute Gasteiger partial charge is 0.179 e. The van der Waals surface area contributed by atoms with Crippen molar-refractivity contribution < 1.29 is 9.47 Å². The van der Waals surface area contributed by atoms with Crippen molar-refractivity contribution in [2.75, 3.05) is 0 Å².